The van der Waals surface area contributed by atoms with E-state index in [9.17, 15) is 4.79 Å². The van der Waals surface area contributed by atoms with E-state index in [1.165, 1.54) is 0 Å². The molecule has 0 aromatic heterocycles. The van der Waals surface area contributed by atoms with E-state index in [2.05, 4.69) is 6.92 Å². The molecule has 6 heteroatoms. The first kappa shape index (κ1) is 19.6. The fourth-order valence-electron chi connectivity index (χ4n) is 3.09. The highest BCUT2D eigenvalue weighted by atomic mass is 35.5. The molecule has 1 fully saturated rings. The van der Waals surface area contributed by atoms with Crippen LogP contribution in [0.2, 0.25) is 5.02 Å². The van der Waals surface area contributed by atoms with Gasteiger partial charge in [-0.25, -0.2) is 0 Å². The maximum absolute atomic E-state index is 12.7. The van der Waals surface area contributed by atoms with Gasteiger partial charge in [-0.15, -0.1) is 12.4 Å². The summed E-state index contributed by atoms with van der Waals surface area (Å²) in [7, 11) is 0. The van der Waals surface area contributed by atoms with Gasteiger partial charge < -0.3 is 15.4 Å². The molecule has 3 rings (SSSR count). The SMILES string of the molecule is CC1CC(CN)CN1C(=O)c1ccc(Oc2cccc(Cl)c2)cc1.Cl. The first-order valence-electron chi connectivity index (χ1n) is 8.11. The van der Waals surface area contributed by atoms with Crippen LogP contribution in [0.4, 0.5) is 0 Å². The predicted octanol–water partition coefficient (Wildman–Crippen LogP) is 4.36. The molecular formula is C19H22Cl2N2O2. The van der Waals surface area contributed by atoms with E-state index < -0.39 is 0 Å². The van der Waals surface area contributed by atoms with Crippen LogP contribution in [0.5, 0.6) is 11.5 Å². The minimum Gasteiger partial charge on any atom is -0.457 e. The van der Waals surface area contributed by atoms with Gasteiger partial charge in [0.25, 0.3) is 5.91 Å². The van der Waals surface area contributed by atoms with E-state index >= 15 is 0 Å². The molecule has 134 valence electrons. The molecule has 1 heterocycles. The molecule has 2 atom stereocenters. The standard InChI is InChI=1S/C19H21ClN2O2.ClH/c1-13-9-14(11-21)12-22(13)19(23)15-5-7-17(8-6-15)24-18-4-2-3-16(20)10-18;/h2-8,10,13-14H,9,11-12,21H2,1H3;1H. The van der Waals surface area contributed by atoms with Crippen LogP contribution in [-0.2, 0) is 0 Å². The first-order chi connectivity index (χ1) is 11.6. The van der Waals surface area contributed by atoms with E-state index in [0.717, 1.165) is 13.0 Å². The van der Waals surface area contributed by atoms with Crippen molar-refractivity contribution >= 4 is 29.9 Å². The van der Waals surface area contributed by atoms with Gasteiger partial charge in [-0.1, -0.05) is 17.7 Å². The quantitative estimate of drug-likeness (QED) is 0.856. The van der Waals surface area contributed by atoms with E-state index in [4.69, 9.17) is 22.1 Å². The molecule has 0 bridgehead atoms. The van der Waals surface area contributed by atoms with Gasteiger partial charge in [0.05, 0.1) is 0 Å². The van der Waals surface area contributed by atoms with Crippen LogP contribution in [0, 0.1) is 5.92 Å². The molecular weight excluding hydrogens is 359 g/mol. The van der Waals surface area contributed by atoms with Crippen LogP contribution in [-0.4, -0.2) is 29.9 Å². The second-order valence-electron chi connectivity index (χ2n) is 6.23. The van der Waals surface area contributed by atoms with Crippen LogP contribution in [0.3, 0.4) is 0 Å². The van der Waals surface area contributed by atoms with E-state index in [1.54, 1.807) is 36.4 Å². The van der Waals surface area contributed by atoms with Crippen molar-refractivity contribution in [2.45, 2.75) is 19.4 Å². The summed E-state index contributed by atoms with van der Waals surface area (Å²) in [5.74, 6) is 1.78. The molecule has 0 aliphatic carbocycles. The molecule has 2 aromatic carbocycles. The first-order valence-corrected chi connectivity index (χ1v) is 8.49. The smallest absolute Gasteiger partial charge is 0.254 e. The van der Waals surface area contributed by atoms with Crippen LogP contribution < -0.4 is 10.5 Å². The largest absolute Gasteiger partial charge is 0.457 e. The number of likely N-dealkylation sites (tertiary alicyclic amines) is 1. The Morgan fingerprint density at radius 3 is 2.56 bits per heavy atom. The van der Waals surface area contributed by atoms with Crippen molar-refractivity contribution < 1.29 is 9.53 Å². The van der Waals surface area contributed by atoms with Gasteiger partial charge in [0.15, 0.2) is 0 Å². The number of carbonyl (C=O) groups excluding carboxylic acids is 1. The van der Waals surface area contributed by atoms with Crippen molar-refractivity contribution in [3.05, 3.63) is 59.1 Å². The van der Waals surface area contributed by atoms with Crippen LogP contribution in [0.1, 0.15) is 23.7 Å². The van der Waals surface area contributed by atoms with Gasteiger partial charge >= 0.3 is 0 Å². The second kappa shape index (κ2) is 8.56. The molecule has 0 radical (unpaired) electrons. The summed E-state index contributed by atoms with van der Waals surface area (Å²) in [6.07, 6.45) is 0.970. The van der Waals surface area contributed by atoms with Gasteiger partial charge in [0.1, 0.15) is 11.5 Å². The molecule has 1 saturated heterocycles. The summed E-state index contributed by atoms with van der Waals surface area (Å²) in [6, 6.07) is 14.6. The Kier molecular flexibility index (Phi) is 6.71. The van der Waals surface area contributed by atoms with E-state index in [-0.39, 0.29) is 24.4 Å². The van der Waals surface area contributed by atoms with E-state index in [0.29, 0.717) is 34.5 Å². The summed E-state index contributed by atoms with van der Waals surface area (Å²) < 4.78 is 5.75. The number of rotatable bonds is 4. The lowest BCUT2D eigenvalue weighted by Crippen LogP contribution is -2.34. The summed E-state index contributed by atoms with van der Waals surface area (Å²) in [5.41, 5.74) is 6.40. The number of nitrogens with two attached hydrogens (primary N) is 1. The topological polar surface area (TPSA) is 55.6 Å². The summed E-state index contributed by atoms with van der Waals surface area (Å²) in [5, 5.41) is 0.622. The lowest BCUT2D eigenvalue weighted by molar-refractivity contribution is 0.0743. The molecule has 2 aromatic rings. The van der Waals surface area contributed by atoms with Gasteiger partial charge in [-0.3, -0.25) is 4.79 Å². The number of ether oxygens (including phenoxy) is 1. The average molecular weight is 381 g/mol. The Balaban J connectivity index is 0.00000225. The summed E-state index contributed by atoms with van der Waals surface area (Å²) >= 11 is 5.95. The number of hydrogen-bond donors (Lipinski definition) is 1. The zero-order valence-electron chi connectivity index (χ0n) is 14.0. The molecule has 1 aliphatic rings. The maximum atomic E-state index is 12.7. The highest BCUT2D eigenvalue weighted by Gasteiger charge is 2.31. The average Bonchev–Trinajstić information content (AvgIpc) is 2.96. The van der Waals surface area contributed by atoms with Crippen molar-refractivity contribution in [2.24, 2.45) is 11.7 Å². The van der Waals surface area contributed by atoms with Gasteiger partial charge in [0.2, 0.25) is 0 Å². The van der Waals surface area contributed by atoms with Crippen molar-refractivity contribution in [2.75, 3.05) is 13.1 Å². The number of nitrogens with zero attached hydrogens (tertiary/aromatic N) is 1. The highest BCUT2D eigenvalue weighted by Crippen LogP contribution is 2.27. The predicted molar refractivity (Wildman–Crippen MR) is 103 cm³/mol. The van der Waals surface area contributed by atoms with Crippen LogP contribution in [0.25, 0.3) is 0 Å². The third-order valence-electron chi connectivity index (χ3n) is 4.39. The molecule has 4 nitrogen and oxygen atoms in total. The highest BCUT2D eigenvalue weighted by molar-refractivity contribution is 6.30. The molecule has 2 unspecified atom stereocenters. The number of amides is 1. The monoisotopic (exact) mass is 380 g/mol. The third-order valence-corrected chi connectivity index (χ3v) is 4.62. The van der Waals surface area contributed by atoms with Crippen molar-refractivity contribution in [3.63, 3.8) is 0 Å². The normalized spacial score (nSPS) is 19.4. The molecule has 0 spiro atoms. The van der Waals surface area contributed by atoms with Crippen molar-refractivity contribution in [3.8, 4) is 11.5 Å². The van der Waals surface area contributed by atoms with Crippen LogP contribution >= 0.6 is 24.0 Å². The lowest BCUT2D eigenvalue weighted by atomic mass is 10.1. The molecule has 25 heavy (non-hydrogen) atoms. The minimum absolute atomic E-state index is 0. The molecule has 0 saturated carbocycles. The van der Waals surface area contributed by atoms with Crippen molar-refractivity contribution in [1.29, 1.82) is 0 Å². The number of hydrogen-bond acceptors (Lipinski definition) is 3. The minimum atomic E-state index is 0. The molecule has 2 N–H and O–H groups in total. The fourth-order valence-corrected chi connectivity index (χ4v) is 3.27. The maximum Gasteiger partial charge on any atom is 0.254 e. The lowest BCUT2D eigenvalue weighted by Gasteiger charge is -2.21. The number of benzene rings is 2. The Morgan fingerprint density at radius 1 is 1.24 bits per heavy atom. The van der Waals surface area contributed by atoms with Crippen LogP contribution in [0.15, 0.2) is 48.5 Å². The molecule has 1 aliphatic heterocycles. The van der Waals surface area contributed by atoms with E-state index in [1.807, 2.05) is 17.0 Å². The van der Waals surface area contributed by atoms with Gasteiger partial charge in [0, 0.05) is 23.2 Å². The van der Waals surface area contributed by atoms with Gasteiger partial charge in [-0.05, 0) is 68.3 Å². The Hall–Kier alpha value is -1.75. The Bertz CT molecular complexity index is 722. The number of carbonyl (C=O) groups is 1. The Labute approximate surface area is 159 Å². The second-order valence-corrected chi connectivity index (χ2v) is 6.66. The van der Waals surface area contributed by atoms with Gasteiger partial charge in [-0.2, -0.15) is 0 Å². The Morgan fingerprint density at radius 2 is 1.96 bits per heavy atom. The summed E-state index contributed by atoms with van der Waals surface area (Å²) in [6.45, 7) is 3.43. The zero-order chi connectivity index (χ0) is 17.1. The zero-order valence-corrected chi connectivity index (χ0v) is 15.6. The fraction of sp³-hybridized carbons (Fsp3) is 0.316. The third kappa shape index (κ3) is 4.66. The van der Waals surface area contributed by atoms with Crippen molar-refractivity contribution in [1.82, 2.24) is 4.90 Å². The molecule has 1 amide bonds. The summed E-state index contributed by atoms with van der Waals surface area (Å²) in [4.78, 5) is 14.6. The number of halogens is 2.